The van der Waals surface area contributed by atoms with Crippen LogP contribution in [0.2, 0.25) is 0 Å². The Kier molecular flexibility index (Phi) is 13.2. The van der Waals surface area contributed by atoms with Crippen LogP contribution in [0.15, 0.2) is 16.6 Å². The molecule has 23 heavy (non-hydrogen) atoms. The van der Waals surface area contributed by atoms with Crippen LogP contribution in [0.4, 0.5) is 0 Å². The van der Waals surface area contributed by atoms with Crippen LogP contribution < -0.4 is 10.6 Å². The average molecular weight is 436 g/mol. The van der Waals surface area contributed by atoms with Gasteiger partial charge in [-0.1, -0.05) is 25.0 Å². The lowest BCUT2D eigenvalue weighted by atomic mass is 9.97. The van der Waals surface area contributed by atoms with Crippen molar-refractivity contribution in [2.45, 2.75) is 51.9 Å². The molecular weight excluding hydrogens is 403 g/mol. The molecule has 0 bridgehead atoms. The molecule has 0 aliphatic heterocycles. The Labute approximate surface area is 158 Å². The number of carbonyl (C=O) groups excluding carboxylic acids is 1. The molecule has 1 amide bonds. The van der Waals surface area contributed by atoms with E-state index < -0.39 is 0 Å². The van der Waals surface area contributed by atoms with Crippen molar-refractivity contribution in [3.8, 4) is 0 Å². The summed E-state index contributed by atoms with van der Waals surface area (Å²) in [5.74, 6) is 0.770. The third kappa shape index (κ3) is 10.6. The van der Waals surface area contributed by atoms with Gasteiger partial charge in [0, 0.05) is 27.2 Å². The molecule has 0 saturated carbocycles. The number of nitrogens with one attached hydrogen (secondary N) is 2. The minimum atomic E-state index is 0. The van der Waals surface area contributed by atoms with E-state index >= 15 is 0 Å². The van der Waals surface area contributed by atoms with Crippen LogP contribution in [0, 0.1) is 0 Å². The number of unbranched alkanes of at least 4 members (excludes halogenated alkanes) is 1. The summed E-state index contributed by atoms with van der Waals surface area (Å²) in [4.78, 5) is 17.6. The minimum absolute atomic E-state index is 0. The highest BCUT2D eigenvalue weighted by atomic mass is 127. The highest BCUT2D eigenvalue weighted by Gasteiger charge is 2.06. The lowest BCUT2D eigenvalue weighted by molar-refractivity contribution is -0.127. The number of rotatable bonds is 8. The molecule has 0 spiro atoms. The summed E-state index contributed by atoms with van der Waals surface area (Å²) in [5.41, 5.74) is 1.55. The first-order chi connectivity index (χ1) is 10.6. The maximum Gasteiger partial charge on any atom is 0.243 e. The SMILES string of the molecule is CCCCNC(=NCC(=O)N(C)C)NCCC1=CCCCC1.I. The van der Waals surface area contributed by atoms with Gasteiger partial charge in [-0.3, -0.25) is 4.79 Å². The molecule has 134 valence electrons. The van der Waals surface area contributed by atoms with E-state index in [0.29, 0.717) is 0 Å². The molecule has 0 radical (unpaired) electrons. The summed E-state index contributed by atoms with van der Waals surface area (Å²) in [5, 5.41) is 6.65. The Hall–Kier alpha value is -0.790. The molecular formula is C17H33IN4O. The summed E-state index contributed by atoms with van der Waals surface area (Å²) in [6, 6.07) is 0. The van der Waals surface area contributed by atoms with Crippen molar-refractivity contribution in [1.82, 2.24) is 15.5 Å². The first kappa shape index (κ1) is 22.2. The number of hydrogen-bond acceptors (Lipinski definition) is 2. The minimum Gasteiger partial charge on any atom is -0.356 e. The first-order valence-corrected chi connectivity index (χ1v) is 8.53. The zero-order valence-electron chi connectivity index (χ0n) is 14.9. The Morgan fingerprint density at radius 2 is 2.00 bits per heavy atom. The number of carbonyl (C=O) groups is 1. The molecule has 1 rings (SSSR count). The summed E-state index contributed by atoms with van der Waals surface area (Å²) in [7, 11) is 3.51. The smallest absolute Gasteiger partial charge is 0.243 e. The van der Waals surface area contributed by atoms with Crippen molar-refractivity contribution in [2.75, 3.05) is 33.7 Å². The van der Waals surface area contributed by atoms with Crippen LogP contribution in [0.1, 0.15) is 51.9 Å². The number of hydrogen-bond donors (Lipinski definition) is 2. The van der Waals surface area contributed by atoms with Crippen LogP contribution in [0.3, 0.4) is 0 Å². The van der Waals surface area contributed by atoms with Gasteiger partial charge in [0.15, 0.2) is 5.96 Å². The van der Waals surface area contributed by atoms with Gasteiger partial charge >= 0.3 is 0 Å². The van der Waals surface area contributed by atoms with Crippen molar-refractivity contribution in [3.05, 3.63) is 11.6 Å². The number of guanidine groups is 1. The van der Waals surface area contributed by atoms with E-state index in [0.717, 1.165) is 38.3 Å². The zero-order valence-corrected chi connectivity index (χ0v) is 17.2. The third-order valence-corrected chi connectivity index (χ3v) is 3.82. The highest BCUT2D eigenvalue weighted by Crippen LogP contribution is 2.19. The Balaban J connectivity index is 0.00000484. The molecule has 5 nitrogen and oxygen atoms in total. The lowest BCUT2D eigenvalue weighted by Gasteiger charge is -2.16. The van der Waals surface area contributed by atoms with E-state index in [4.69, 9.17) is 0 Å². The average Bonchev–Trinajstić information content (AvgIpc) is 2.52. The largest absolute Gasteiger partial charge is 0.356 e. The van der Waals surface area contributed by atoms with Gasteiger partial charge in [-0.2, -0.15) is 0 Å². The fraction of sp³-hybridized carbons (Fsp3) is 0.765. The maximum atomic E-state index is 11.7. The maximum absolute atomic E-state index is 11.7. The number of aliphatic imine (C=N–C) groups is 1. The van der Waals surface area contributed by atoms with Gasteiger partial charge in [0.25, 0.3) is 0 Å². The van der Waals surface area contributed by atoms with Crippen LogP contribution in [-0.2, 0) is 4.79 Å². The van der Waals surface area contributed by atoms with Crippen LogP contribution in [0.25, 0.3) is 0 Å². The second-order valence-electron chi connectivity index (χ2n) is 6.02. The van der Waals surface area contributed by atoms with Gasteiger partial charge in [-0.05, 0) is 38.5 Å². The molecule has 0 fully saturated rings. The molecule has 0 saturated heterocycles. The summed E-state index contributed by atoms with van der Waals surface area (Å²) in [6.45, 7) is 4.12. The molecule has 1 aliphatic rings. The van der Waals surface area contributed by atoms with E-state index in [2.05, 4.69) is 28.6 Å². The van der Waals surface area contributed by atoms with Gasteiger partial charge in [0.1, 0.15) is 6.54 Å². The molecule has 0 aromatic rings. The van der Waals surface area contributed by atoms with Crippen molar-refractivity contribution < 1.29 is 4.79 Å². The number of likely N-dealkylation sites (N-methyl/N-ethyl adjacent to an activating group) is 1. The summed E-state index contributed by atoms with van der Waals surface area (Å²) >= 11 is 0. The quantitative estimate of drug-likeness (QED) is 0.202. The van der Waals surface area contributed by atoms with Gasteiger partial charge < -0.3 is 15.5 Å². The second kappa shape index (κ2) is 13.6. The molecule has 0 heterocycles. The Morgan fingerprint density at radius 3 is 2.61 bits per heavy atom. The van der Waals surface area contributed by atoms with Crippen molar-refractivity contribution >= 4 is 35.8 Å². The number of allylic oxidation sites excluding steroid dienone is 1. The van der Waals surface area contributed by atoms with E-state index in [1.54, 1.807) is 24.6 Å². The second-order valence-corrected chi connectivity index (χ2v) is 6.02. The van der Waals surface area contributed by atoms with Crippen molar-refractivity contribution in [2.24, 2.45) is 4.99 Å². The van der Waals surface area contributed by atoms with E-state index in [9.17, 15) is 4.79 Å². The fourth-order valence-corrected chi connectivity index (χ4v) is 2.32. The molecule has 0 atom stereocenters. The summed E-state index contributed by atoms with van der Waals surface area (Å²) in [6.07, 6.45) is 10.8. The van der Waals surface area contributed by atoms with Gasteiger partial charge in [-0.15, -0.1) is 24.0 Å². The molecule has 2 N–H and O–H groups in total. The Morgan fingerprint density at radius 1 is 1.26 bits per heavy atom. The standard InChI is InChI=1S/C17H32N4O.HI/c1-4-5-12-18-17(20-14-16(22)21(2)3)19-13-11-15-9-7-6-8-10-15;/h9H,4-8,10-14H2,1-3H3,(H2,18,19,20);1H. The van der Waals surface area contributed by atoms with Gasteiger partial charge in [0.2, 0.25) is 5.91 Å². The first-order valence-electron chi connectivity index (χ1n) is 8.53. The number of nitrogens with zero attached hydrogens (tertiary/aromatic N) is 2. The van der Waals surface area contributed by atoms with Crippen LogP contribution in [0.5, 0.6) is 0 Å². The molecule has 6 heteroatoms. The van der Waals surface area contributed by atoms with Gasteiger partial charge in [0.05, 0.1) is 0 Å². The highest BCUT2D eigenvalue weighted by molar-refractivity contribution is 14.0. The molecule has 0 aromatic heterocycles. The van der Waals surface area contributed by atoms with Crippen LogP contribution in [-0.4, -0.2) is 50.5 Å². The summed E-state index contributed by atoms with van der Waals surface area (Å²) < 4.78 is 0. The normalized spacial score (nSPS) is 14.6. The molecule has 1 aliphatic carbocycles. The number of halogens is 1. The van der Waals surface area contributed by atoms with Crippen molar-refractivity contribution in [3.63, 3.8) is 0 Å². The monoisotopic (exact) mass is 436 g/mol. The van der Waals surface area contributed by atoms with E-state index in [1.807, 2.05) is 0 Å². The Bertz CT molecular complexity index is 394. The fourth-order valence-electron chi connectivity index (χ4n) is 2.32. The molecule has 0 aromatic carbocycles. The lowest BCUT2D eigenvalue weighted by Crippen LogP contribution is -2.39. The predicted octanol–water partition coefficient (Wildman–Crippen LogP) is 2.92. The van der Waals surface area contributed by atoms with Gasteiger partial charge in [-0.25, -0.2) is 4.99 Å². The van der Waals surface area contributed by atoms with Crippen molar-refractivity contribution in [1.29, 1.82) is 0 Å². The van der Waals surface area contributed by atoms with E-state index in [1.165, 1.54) is 25.7 Å². The zero-order chi connectivity index (χ0) is 16.2. The third-order valence-electron chi connectivity index (χ3n) is 3.82. The predicted molar refractivity (Wildman–Crippen MR) is 108 cm³/mol. The molecule has 0 unspecified atom stereocenters. The van der Waals surface area contributed by atoms with E-state index in [-0.39, 0.29) is 36.4 Å². The number of amides is 1. The van der Waals surface area contributed by atoms with Crippen LogP contribution >= 0.6 is 24.0 Å². The topological polar surface area (TPSA) is 56.7 Å².